The van der Waals surface area contributed by atoms with Crippen LogP contribution in [0.1, 0.15) is 52.9 Å². The van der Waals surface area contributed by atoms with Gasteiger partial charge < -0.3 is 0 Å². The minimum Gasteiger partial charge on any atom is -0.0850 e. The fourth-order valence-corrected chi connectivity index (χ4v) is 2.19. The lowest BCUT2D eigenvalue weighted by atomic mass is 9.95. The Balaban J connectivity index is 2.22. The summed E-state index contributed by atoms with van der Waals surface area (Å²) in [5.41, 5.74) is 1.73. The van der Waals surface area contributed by atoms with E-state index in [4.69, 9.17) is 0 Å². The smallest absolute Gasteiger partial charge is 0.0291 e. The third kappa shape index (κ3) is 3.00. The van der Waals surface area contributed by atoms with Gasteiger partial charge in [0.05, 0.1) is 0 Å². The molecule has 0 aromatic carbocycles. The molecule has 0 radical (unpaired) electrons. The third-order valence-electron chi connectivity index (χ3n) is 2.81. The van der Waals surface area contributed by atoms with E-state index in [1.54, 1.807) is 5.57 Å². The van der Waals surface area contributed by atoms with E-state index in [1.807, 2.05) is 0 Å². The van der Waals surface area contributed by atoms with Crippen molar-refractivity contribution in [1.82, 2.24) is 0 Å². The maximum atomic E-state index is 2.47. The molecule has 0 aromatic rings. The normalized spacial score (nSPS) is 25.6. The molecule has 1 aliphatic rings. The second kappa shape index (κ2) is 4.69. The predicted octanol–water partition coefficient (Wildman–Crippen LogP) is 4.17. The molecule has 70 valence electrons. The van der Waals surface area contributed by atoms with Crippen molar-refractivity contribution in [3.8, 4) is 0 Å². The molecule has 1 aliphatic carbocycles. The van der Waals surface area contributed by atoms with Crippen molar-refractivity contribution >= 4 is 0 Å². The molecule has 2 atom stereocenters. The molecule has 12 heavy (non-hydrogen) atoms. The zero-order valence-electron chi connectivity index (χ0n) is 8.77. The molecule has 2 unspecified atom stereocenters. The summed E-state index contributed by atoms with van der Waals surface area (Å²) in [6.45, 7) is 7.02. The Labute approximate surface area is 77.1 Å². The molecule has 1 rings (SSSR count). The van der Waals surface area contributed by atoms with Crippen LogP contribution in [0.3, 0.4) is 0 Å². The largest absolute Gasteiger partial charge is 0.0850 e. The van der Waals surface area contributed by atoms with E-state index < -0.39 is 0 Å². The summed E-state index contributed by atoms with van der Waals surface area (Å²) in [4.78, 5) is 0. The van der Waals surface area contributed by atoms with Crippen LogP contribution in [0.4, 0.5) is 0 Å². The van der Waals surface area contributed by atoms with Crippen molar-refractivity contribution in [2.24, 2.45) is 11.8 Å². The summed E-state index contributed by atoms with van der Waals surface area (Å²) in [5, 5.41) is 0. The Morgan fingerprint density at radius 2 is 2.33 bits per heavy atom. The molecule has 0 bridgehead atoms. The minimum atomic E-state index is 0.909. The lowest BCUT2D eigenvalue weighted by Gasteiger charge is -2.10. The third-order valence-corrected chi connectivity index (χ3v) is 2.81. The molecular formula is C12H22. The quantitative estimate of drug-likeness (QED) is 0.550. The summed E-state index contributed by atoms with van der Waals surface area (Å²) in [5.74, 6) is 1.83. The molecule has 0 saturated heterocycles. The van der Waals surface area contributed by atoms with Crippen LogP contribution in [0, 0.1) is 11.8 Å². The fraction of sp³-hybridized carbons (Fsp3) is 0.833. The molecular weight excluding hydrogens is 144 g/mol. The highest BCUT2D eigenvalue weighted by molar-refractivity contribution is 5.09. The van der Waals surface area contributed by atoms with E-state index in [-0.39, 0.29) is 0 Å². The molecule has 0 saturated carbocycles. The standard InChI is InChI=1S/C12H22/c1-4-5-10(2)8-12-7-6-11(3)9-12/h7,10-11H,4-6,8-9H2,1-3H3. The summed E-state index contributed by atoms with van der Waals surface area (Å²) in [6, 6.07) is 0. The van der Waals surface area contributed by atoms with E-state index in [1.165, 1.54) is 32.1 Å². The number of rotatable bonds is 4. The van der Waals surface area contributed by atoms with Crippen LogP contribution in [0.25, 0.3) is 0 Å². The summed E-state index contributed by atoms with van der Waals surface area (Å²) < 4.78 is 0. The molecule has 0 nitrogen and oxygen atoms in total. The topological polar surface area (TPSA) is 0 Å². The molecule has 0 N–H and O–H groups in total. The van der Waals surface area contributed by atoms with Gasteiger partial charge in [0.1, 0.15) is 0 Å². The Morgan fingerprint density at radius 1 is 1.58 bits per heavy atom. The van der Waals surface area contributed by atoms with Crippen LogP contribution in [0.15, 0.2) is 11.6 Å². The highest BCUT2D eigenvalue weighted by Gasteiger charge is 2.13. The minimum absolute atomic E-state index is 0.909. The first-order valence-electron chi connectivity index (χ1n) is 5.40. The number of hydrogen-bond donors (Lipinski definition) is 0. The molecule has 0 aliphatic heterocycles. The fourth-order valence-electron chi connectivity index (χ4n) is 2.19. The Kier molecular flexibility index (Phi) is 3.84. The lowest BCUT2D eigenvalue weighted by Crippen LogP contribution is -1.96. The van der Waals surface area contributed by atoms with Crippen LogP contribution >= 0.6 is 0 Å². The van der Waals surface area contributed by atoms with Gasteiger partial charge in [-0.3, -0.25) is 0 Å². The van der Waals surface area contributed by atoms with Gasteiger partial charge in [-0.15, -0.1) is 0 Å². The first kappa shape index (κ1) is 9.83. The molecule has 0 amide bonds. The summed E-state index contributed by atoms with van der Waals surface area (Å²) in [6.07, 6.45) is 9.26. The van der Waals surface area contributed by atoms with Crippen molar-refractivity contribution in [3.05, 3.63) is 11.6 Å². The van der Waals surface area contributed by atoms with Crippen LogP contribution in [0.2, 0.25) is 0 Å². The zero-order valence-corrected chi connectivity index (χ0v) is 8.77. The first-order chi connectivity index (χ1) is 5.72. The summed E-state index contributed by atoms with van der Waals surface area (Å²) in [7, 11) is 0. The summed E-state index contributed by atoms with van der Waals surface area (Å²) >= 11 is 0. The van der Waals surface area contributed by atoms with Gasteiger partial charge in [-0.25, -0.2) is 0 Å². The molecule has 0 spiro atoms. The molecule has 0 aromatic heterocycles. The Hall–Kier alpha value is -0.260. The van der Waals surface area contributed by atoms with Crippen LogP contribution in [-0.2, 0) is 0 Å². The molecule has 0 heteroatoms. The Morgan fingerprint density at radius 3 is 2.83 bits per heavy atom. The van der Waals surface area contributed by atoms with Gasteiger partial charge in [-0.05, 0) is 31.1 Å². The zero-order chi connectivity index (χ0) is 8.97. The van der Waals surface area contributed by atoms with E-state index in [2.05, 4.69) is 26.8 Å². The van der Waals surface area contributed by atoms with E-state index >= 15 is 0 Å². The highest BCUT2D eigenvalue weighted by atomic mass is 14.2. The second-order valence-electron chi connectivity index (χ2n) is 4.51. The van der Waals surface area contributed by atoms with E-state index in [0.29, 0.717) is 0 Å². The van der Waals surface area contributed by atoms with Gasteiger partial charge in [0.15, 0.2) is 0 Å². The van der Waals surface area contributed by atoms with Crippen molar-refractivity contribution < 1.29 is 0 Å². The highest BCUT2D eigenvalue weighted by Crippen LogP contribution is 2.29. The van der Waals surface area contributed by atoms with Gasteiger partial charge in [0, 0.05) is 0 Å². The molecule has 0 fully saturated rings. The predicted molar refractivity (Wildman–Crippen MR) is 55.2 cm³/mol. The van der Waals surface area contributed by atoms with Crippen molar-refractivity contribution in [2.75, 3.05) is 0 Å². The average molecular weight is 166 g/mol. The first-order valence-corrected chi connectivity index (χ1v) is 5.40. The van der Waals surface area contributed by atoms with E-state index in [9.17, 15) is 0 Å². The van der Waals surface area contributed by atoms with Crippen molar-refractivity contribution in [2.45, 2.75) is 52.9 Å². The monoisotopic (exact) mass is 166 g/mol. The van der Waals surface area contributed by atoms with Crippen molar-refractivity contribution in [3.63, 3.8) is 0 Å². The van der Waals surface area contributed by atoms with E-state index in [0.717, 1.165) is 11.8 Å². The number of hydrogen-bond acceptors (Lipinski definition) is 0. The van der Waals surface area contributed by atoms with Crippen LogP contribution < -0.4 is 0 Å². The molecule has 0 heterocycles. The Bertz CT molecular complexity index is 155. The number of allylic oxidation sites excluding steroid dienone is 2. The lowest BCUT2D eigenvalue weighted by molar-refractivity contribution is 0.505. The maximum absolute atomic E-state index is 2.47. The maximum Gasteiger partial charge on any atom is -0.0291 e. The van der Waals surface area contributed by atoms with Gasteiger partial charge in [-0.2, -0.15) is 0 Å². The van der Waals surface area contributed by atoms with Gasteiger partial charge >= 0.3 is 0 Å². The van der Waals surface area contributed by atoms with Crippen LogP contribution in [-0.4, -0.2) is 0 Å². The SMILES string of the molecule is CCCC(C)CC1=CCC(C)C1. The van der Waals surface area contributed by atoms with Crippen LogP contribution in [0.5, 0.6) is 0 Å². The second-order valence-corrected chi connectivity index (χ2v) is 4.51. The van der Waals surface area contributed by atoms with Gasteiger partial charge in [0.25, 0.3) is 0 Å². The average Bonchev–Trinajstić information content (AvgIpc) is 2.36. The van der Waals surface area contributed by atoms with Crippen molar-refractivity contribution in [1.29, 1.82) is 0 Å². The van der Waals surface area contributed by atoms with Gasteiger partial charge in [-0.1, -0.05) is 45.3 Å². The van der Waals surface area contributed by atoms with Gasteiger partial charge in [0.2, 0.25) is 0 Å².